The van der Waals surface area contributed by atoms with Crippen LogP contribution in [0.1, 0.15) is 87.8 Å². The van der Waals surface area contributed by atoms with Crippen LogP contribution in [0.3, 0.4) is 0 Å². The standard InChI is InChI=1S/C25H35ClN2O2.CH4O/c1-5-6-14-28-21-15-18(17-26)8-7-9-19(21)16-20(23(28)30)22(29)27-25(4)12-10-24(2,3)11-13-25;1-2/h7-8,15-16H,5-6,9-14,17H2,1-4H3,(H,27,29);2H,1H3. The number of nitrogens with one attached hydrogen (secondary N) is 1. The summed E-state index contributed by atoms with van der Waals surface area (Å²) in [5.41, 5.74) is 2.98. The fourth-order valence-corrected chi connectivity index (χ4v) is 4.53. The van der Waals surface area contributed by atoms with E-state index in [0.717, 1.165) is 62.5 Å². The summed E-state index contributed by atoms with van der Waals surface area (Å²) in [5.74, 6) is 0.152. The number of nitrogens with zero attached hydrogens (tertiary/aromatic N) is 1. The third kappa shape index (κ3) is 6.35. The minimum absolute atomic E-state index is 0.202. The minimum Gasteiger partial charge on any atom is -0.400 e. The number of carbonyl (C=O) groups is 1. The highest BCUT2D eigenvalue weighted by Gasteiger charge is 2.36. The molecule has 2 N–H and O–H groups in total. The summed E-state index contributed by atoms with van der Waals surface area (Å²) in [6.45, 7) is 9.38. The molecule has 2 aliphatic rings. The molecular weight excluding hydrogens is 424 g/mol. The van der Waals surface area contributed by atoms with Crippen molar-refractivity contribution < 1.29 is 9.90 Å². The van der Waals surface area contributed by atoms with Gasteiger partial charge in [0, 0.05) is 30.8 Å². The molecule has 0 saturated heterocycles. The van der Waals surface area contributed by atoms with Gasteiger partial charge in [-0.05, 0) is 74.1 Å². The molecule has 1 saturated carbocycles. The maximum absolute atomic E-state index is 13.4. The number of hydrogen-bond donors (Lipinski definition) is 2. The van der Waals surface area contributed by atoms with Crippen LogP contribution in [-0.4, -0.2) is 34.1 Å². The van der Waals surface area contributed by atoms with Gasteiger partial charge in [-0.2, -0.15) is 0 Å². The highest BCUT2D eigenvalue weighted by atomic mass is 35.5. The quantitative estimate of drug-likeness (QED) is 0.579. The van der Waals surface area contributed by atoms with E-state index in [4.69, 9.17) is 16.7 Å². The summed E-state index contributed by atoms with van der Waals surface area (Å²) in [6.07, 6.45) is 12.6. The molecule has 1 amide bonds. The Balaban J connectivity index is 0.00000176. The van der Waals surface area contributed by atoms with E-state index in [1.54, 1.807) is 10.6 Å². The average Bonchev–Trinajstić information content (AvgIpc) is 2.98. The van der Waals surface area contributed by atoms with Crippen LogP contribution in [0.4, 0.5) is 0 Å². The lowest BCUT2D eigenvalue weighted by Gasteiger charge is -2.41. The smallest absolute Gasteiger partial charge is 0.263 e. The lowest BCUT2D eigenvalue weighted by molar-refractivity contribution is 0.0826. The highest BCUT2D eigenvalue weighted by molar-refractivity contribution is 6.20. The highest BCUT2D eigenvalue weighted by Crippen LogP contribution is 2.40. The molecule has 1 aromatic rings. The zero-order valence-electron chi connectivity index (χ0n) is 20.3. The predicted molar refractivity (Wildman–Crippen MR) is 133 cm³/mol. The van der Waals surface area contributed by atoms with Crippen LogP contribution in [0.5, 0.6) is 0 Å². The largest absolute Gasteiger partial charge is 0.400 e. The minimum atomic E-state index is -0.258. The normalized spacial score (nSPS) is 18.5. The second kappa shape index (κ2) is 11.3. The first-order valence-corrected chi connectivity index (χ1v) is 12.2. The summed E-state index contributed by atoms with van der Waals surface area (Å²) in [5, 5.41) is 10.2. The molecule has 2 aliphatic carbocycles. The summed E-state index contributed by atoms with van der Waals surface area (Å²) >= 11 is 6.07. The lowest BCUT2D eigenvalue weighted by atomic mass is 9.70. The fourth-order valence-electron chi connectivity index (χ4n) is 4.36. The second-order valence-electron chi connectivity index (χ2n) is 9.92. The molecule has 1 aromatic heterocycles. The molecule has 0 unspecified atom stereocenters. The number of alkyl halides is 1. The van der Waals surface area contributed by atoms with Gasteiger partial charge < -0.3 is 15.0 Å². The Morgan fingerprint density at radius 2 is 1.84 bits per heavy atom. The van der Waals surface area contributed by atoms with Gasteiger partial charge in [0.1, 0.15) is 5.56 Å². The van der Waals surface area contributed by atoms with Gasteiger partial charge in [0.2, 0.25) is 0 Å². The molecule has 178 valence electrons. The van der Waals surface area contributed by atoms with E-state index < -0.39 is 0 Å². The number of allylic oxidation sites excluding steroid dienone is 3. The summed E-state index contributed by atoms with van der Waals surface area (Å²) < 4.78 is 1.78. The monoisotopic (exact) mass is 462 g/mol. The molecule has 0 bridgehead atoms. The molecule has 5 nitrogen and oxygen atoms in total. The van der Waals surface area contributed by atoms with Crippen LogP contribution in [0, 0.1) is 5.41 Å². The Hall–Kier alpha value is -1.85. The van der Waals surface area contributed by atoms with E-state index in [9.17, 15) is 9.59 Å². The van der Waals surface area contributed by atoms with E-state index in [2.05, 4.69) is 39.1 Å². The average molecular weight is 463 g/mol. The molecule has 1 heterocycles. The zero-order valence-corrected chi connectivity index (χ0v) is 21.0. The fraction of sp³-hybridized carbons (Fsp3) is 0.615. The van der Waals surface area contributed by atoms with Crippen molar-refractivity contribution >= 4 is 23.6 Å². The Labute approximate surface area is 197 Å². The van der Waals surface area contributed by atoms with Gasteiger partial charge in [0.15, 0.2) is 0 Å². The van der Waals surface area contributed by atoms with Crippen LogP contribution in [0.15, 0.2) is 28.6 Å². The molecule has 0 aliphatic heterocycles. The Bertz CT molecular complexity index is 918. The van der Waals surface area contributed by atoms with Crippen molar-refractivity contribution in [2.45, 2.75) is 84.7 Å². The number of hydrogen-bond acceptors (Lipinski definition) is 3. The number of carbonyl (C=O) groups excluding carboxylic acids is 1. The van der Waals surface area contributed by atoms with E-state index in [0.29, 0.717) is 24.3 Å². The number of rotatable bonds is 6. The zero-order chi connectivity index (χ0) is 23.9. The van der Waals surface area contributed by atoms with Gasteiger partial charge >= 0.3 is 0 Å². The molecule has 0 atom stereocenters. The third-order valence-electron chi connectivity index (χ3n) is 6.66. The maximum Gasteiger partial charge on any atom is 0.263 e. The Morgan fingerprint density at radius 3 is 2.44 bits per heavy atom. The summed E-state index contributed by atoms with van der Waals surface area (Å²) in [7, 11) is 1.00. The molecule has 6 heteroatoms. The number of aromatic nitrogens is 1. The molecule has 0 radical (unpaired) electrons. The molecule has 3 rings (SSSR count). The van der Waals surface area contributed by atoms with Crippen LogP contribution in [0.2, 0.25) is 0 Å². The number of aliphatic hydroxyl groups excluding tert-OH is 1. The second-order valence-corrected chi connectivity index (χ2v) is 10.2. The lowest BCUT2D eigenvalue weighted by Crippen LogP contribution is -2.50. The van der Waals surface area contributed by atoms with Crippen molar-refractivity contribution in [3.8, 4) is 0 Å². The van der Waals surface area contributed by atoms with Gasteiger partial charge in [-0.25, -0.2) is 0 Å². The predicted octanol–water partition coefficient (Wildman–Crippen LogP) is 5.08. The summed E-state index contributed by atoms with van der Waals surface area (Å²) in [4.78, 5) is 26.6. The van der Waals surface area contributed by atoms with Crippen molar-refractivity contribution in [3.05, 3.63) is 51.0 Å². The van der Waals surface area contributed by atoms with Crippen LogP contribution < -0.4 is 10.9 Å². The van der Waals surface area contributed by atoms with E-state index in [1.807, 2.05) is 12.2 Å². The molecule has 0 aromatic carbocycles. The number of pyridine rings is 1. The number of aliphatic hydroxyl groups is 1. The molecule has 32 heavy (non-hydrogen) atoms. The van der Waals surface area contributed by atoms with Crippen molar-refractivity contribution in [2.24, 2.45) is 5.41 Å². The summed E-state index contributed by atoms with van der Waals surface area (Å²) in [6, 6.07) is 1.80. The van der Waals surface area contributed by atoms with E-state index in [-0.39, 0.29) is 22.6 Å². The third-order valence-corrected chi connectivity index (χ3v) is 6.97. The molecule has 0 spiro atoms. The van der Waals surface area contributed by atoms with Gasteiger partial charge in [-0.1, -0.05) is 39.3 Å². The first-order valence-electron chi connectivity index (χ1n) is 11.6. The van der Waals surface area contributed by atoms with Crippen LogP contribution in [-0.2, 0) is 13.0 Å². The molecule has 1 fully saturated rings. The van der Waals surface area contributed by atoms with Crippen LogP contribution >= 0.6 is 11.6 Å². The Kier molecular flexibility index (Phi) is 9.35. The topological polar surface area (TPSA) is 71.3 Å². The van der Waals surface area contributed by atoms with Gasteiger partial charge in [-0.15, -0.1) is 11.6 Å². The number of halogens is 1. The van der Waals surface area contributed by atoms with E-state index >= 15 is 0 Å². The van der Waals surface area contributed by atoms with Crippen molar-refractivity contribution in [1.82, 2.24) is 9.88 Å². The number of unbranched alkanes of at least 4 members (excludes halogenated alkanes) is 1. The van der Waals surface area contributed by atoms with Crippen LogP contribution in [0.25, 0.3) is 6.08 Å². The first-order chi connectivity index (χ1) is 15.2. The number of amides is 1. The van der Waals surface area contributed by atoms with Crippen molar-refractivity contribution in [1.29, 1.82) is 0 Å². The van der Waals surface area contributed by atoms with Crippen molar-refractivity contribution in [3.63, 3.8) is 0 Å². The number of fused-ring (bicyclic) bond motifs is 1. The molecular formula is C26H39ClN2O3. The SMILES string of the molecule is CCCCn1c2c(cc(C(=O)NC3(C)CCC(C)(C)CC3)c1=O)CC=CC(CCl)=C2.CO. The maximum atomic E-state index is 13.4. The van der Waals surface area contributed by atoms with E-state index in [1.165, 1.54) is 0 Å². The Morgan fingerprint density at radius 1 is 1.19 bits per heavy atom. The van der Waals surface area contributed by atoms with Gasteiger partial charge in [-0.3, -0.25) is 9.59 Å². The first kappa shape index (κ1) is 26.4. The van der Waals surface area contributed by atoms with Crippen molar-refractivity contribution in [2.75, 3.05) is 13.0 Å². The van der Waals surface area contributed by atoms with Gasteiger partial charge in [0.25, 0.3) is 11.5 Å². The van der Waals surface area contributed by atoms with Gasteiger partial charge in [0.05, 0.1) is 0 Å².